The molecule has 1 aliphatic heterocycles. The molecule has 1 atom stereocenters. The van der Waals surface area contributed by atoms with E-state index in [2.05, 4.69) is 5.32 Å². The Morgan fingerprint density at radius 2 is 2.17 bits per heavy atom. The van der Waals surface area contributed by atoms with Gasteiger partial charge in [-0.2, -0.15) is 0 Å². The first-order valence-electron chi connectivity index (χ1n) is 3.50. The van der Waals surface area contributed by atoms with Gasteiger partial charge >= 0.3 is 11.8 Å². The van der Waals surface area contributed by atoms with E-state index in [1.54, 1.807) is 0 Å². The van der Waals surface area contributed by atoms with Crippen LogP contribution in [0.25, 0.3) is 0 Å². The number of nitrogens with one attached hydrogen (secondary N) is 1. The molecule has 0 aromatic rings. The Morgan fingerprint density at radius 3 is 2.67 bits per heavy atom. The van der Waals surface area contributed by atoms with Crippen molar-refractivity contribution in [1.29, 1.82) is 0 Å². The number of nitrogens with two attached hydrogens (primary N) is 1. The summed E-state index contributed by atoms with van der Waals surface area (Å²) in [6.45, 7) is 1.16. The second kappa shape index (κ2) is 4.03. The zero-order valence-corrected chi connectivity index (χ0v) is 6.41. The Morgan fingerprint density at radius 1 is 1.42 bits per heavy atom. The maximum Gasteiger partial charge on any atom is 0.311 e. The molecule has 1 rings (SSSR count). The summed E-state index contributed by atoms with van der Waals surface area (Å²) in [5.74, 6) is -1.88. The van der Waals surface area contributed by atoms with Crippen molar-refractivity contribution in [3.8, 4) is 0 Å². The summed E-state index contributed by atoms with van der Waals surface area (Å²) in [5, 5.41) is 2.26. The third-order valence-electron chi connectivity index (χ3n) is 1.33. The van der Waals surface area contributed by atoms with Gasteiger partial charge in [-0.15, -0.1) is 0 Å². The fraction of sp³-hybridized carbons (Fsp3) is 0.667. The molecule has 0 aliphatic carbocycles. The predicted molar refractivity (Wildman–Crippen MR) is 37.9 cm³/mol. The van der Waals surface area contributed by atoms with Crippen LogP contribution in [0.5, 0.6) is 0 Å². The van der Waals surface area contributed by atoms with Crippen LogP contribution in [0.15, 0.2) is 0 Å². The number of ether oxygens (including phenoxy) is 2. The minimum Gasteiger partial charge on any atom is -0.374 e. The average Bonchev–Trinajstić information content (AvgIpc) is 2.06. The molecule has 0 bridgehead atoms. The Hall–Kier alpha value is -1.14. The van der Waals surface area contributed by atoms with E-state index >= 15 is 0 Å². The fourth-order valence-electron chi connectivity index (χ4n) is 0.788. The first-order valence-corrected chi connectivity index (χ1v) is 3.50. The van der Waals surface area contributed by atoms with Gasteiger partial charge in [0.1, 0.15) is 0 Å². The largest absolute Gasteiger partial charge is 0.374 e. The molecule has 1 fully saturated rings. The summed E-state index contributed by atoms with van der Waals surface area (Å²) in [6, 6.07) is 0. The summed E-state index contributed by atoms with van der Waals surface area (Å²) < 4.78 is 10.0. The van der Waals surface area contributed by atoms with E-state index in [-0.39, 0.29) is 6.61 Å². The fourth-order valence-corrected chi connectivity index (χ4v) is 0.788. The lowest BCUT2D eigenvalue weighted by Crippen LogP contribution is -2.48. The zero-order valence-electron chi connectivity index (χ0n) is 6.41. The van der Waals surface area contributed by atoms with Gasteiger partial charge in [-0.25, -0.2) is 0 Å². The molecule has 1 saturated heterocycles. The molecule has 0 radical (unpaired) electrons. The minimum atomic E-state index is -1.02. The van der Waals surface area contributed by atoms with Crippen LogP contribution in [-0.4, -0.2) is 37.9 Å². The van der Waals surface area contributed by atoms with Crippen LogP contribution >= 0.6 is 0 Å². The smallest absolute Gasteiger partial charge is 0.311 e. The molecule has 3 N–H and O–H groups in total. The van der Waals surface area contributed by atoms with Crippen molar-refractivity contribution in [3.63, 3.8) is 0 Å². The van der Waals surface area contributed by atoms with Crippen molar-refractivity contribution in [2.24, 2.45) is 5.73 Å². The molecule has 1 aliphatic rings. The van der Waals surface area contributed by atoms with Crippen molar-refractivity contribution in [1.82, 2.24) is 5.32 Å². The van der Waals surface area contributed by atoms with Crippen molar-refractivity contribution < 1.29 is 19.1 Å². The maximum absolute atomic E-state index is 10.7. The lowest BCUT2D eigenvalue weighted by molar-refractivity contribution is -0.146. The number of hydrogen-bond acceptors (Lipinski definition) is 4. The second-order valence-electron chi connectivity index (χ2n) is 2.27. The molecule has 0 aromatic carbocycles. The van der Waals surface area contributed by atoms with E-state index in [1.165, 1.54) is 0 Å². The Kier molecular flexibility index (Phi) is 3.01. The number of primary amides is 1. The highest BCUT2D eigenvalue weighted by molar-refractivity contribution is 6.34. The van der Waals surface area contributed by atoms with Crippen molar-refractivity contribution in [2.75, 3.05) is 19.8 Å². The van der Waals surface area contributed by atoms with Crippen molar-refractivity contribution >= 4 is 11.8 Å². The summed E-state index contributed by atoms with van der Waals surface area (Å²) in [7, 11) is 0. The van der Waals surface area contributed by atoms with Gasteiger partial charge in [0.2, 0.25) is 0 Å². The van der Waals surface area contributed by atoms with Gasteiger partial charge in [-0.1, -0.05) is 0 Å². The SMILES string of the molecule is NC(=O)C(=O)NC1COCCO1. The summed E-state index contributed by atoms with van der Waals surface area (Å²) >= 11 is 0. The predicted octanol–water partition coefficient (Wildman–Crippen LogP) is -2.04. The quantitative estimate of drug-likeness (QED) is 0.448. The summed E-state index contributed by atoms with van der Waals surface area (Å²) in [4.78, 5) is 21.0. The molecule has 0 aromatic heterocycles. The molecule has 6 nitrogen and oxygen atoms in total. The van der Waals surface area contributed by atoms with Gasteiger partial charge in [0.15, 0.2) is 6.23 Å². The monoisotopic (exact) mass is 174 g/mol. The van der Waals surface area contributed by atoms with Crippen LogP contribution in [-0.2, 0) is 19.1 Å². The molecule has 1 unspecified atom stereocenters. The lowest BCUT2D eigenvalue weighted by Gasteiger charge is -2.22. The molecule has 6 heteroatoms. The normalized spacial score (nSPS) is 23.2. The van der Waals surface area contributed by atoms with Crippen LogP contribution in [0.2, 0.25) is 0 Å². The number of amides is 2. The van der Waals surface area contributed by atoms with Gasteiger partial charge in [0, 0.05) is 0 Å². The van der Waals surface area contributed by atoms with Gasteiger partial charge in [0.25, 0.3) is 0 Å². The summed E-state index contributed by atoms with van der Waals surface area (Å²) in [6.07, 6.45) is -0.557. The van der Waals surface area contributed by atoms with Crippen LogP contribution in [0.4, 0.5) is 0 Å². The van der Waals surface area contributed by atoms with Crippen LogP contribution in [0.3, 0.4) is 0 Å². The topological polar surface area (TPSA) is 90.7 Å². The molecule has 2 amide bonds. The van der Waals surface area contributed by atoms with Crippen molar-refractivity contribution in [3.05, 3.63) is 0 Å². The molecule has 12 heavy (non-hydrogen) atoms. The highest BCUT2D eigenvalue weighted by Gasteiger charge is 2.18. The number of carbonyl (C=O) groups excluding carboxylic acids is 2. The molecule has 0 saturated carbocycles. The zero-order chi connectivity index (χ0) is 8.97. The number of hydrogen-bond donors (Lipinski definition) is 2. The molecular weight excluding hydrogens is 164 g/mol. The number of carbonyl (C=O) groups is 2. The first kappa shape index (κ1) is 8.95. The van der Waals surface area contributed by atoms with E-state index in [0.717, 1.165) is 0 Å². The van der Waals surface area contributed by atoms with Crippen LogP contribution < -0.4 is 11.1 Å². The van der Waals surface area contributed by atoms with Gasteiger partial charge in [-0.3, -0.25) is 9.59 Å². The second-order valence-corrected chi connectivity index (χ2v) is 2.27. The lowest BCUT2D eigenvalue weighted by atomic mass is 10.5. The minimum absolute atomic E-state index is 0.249. The van der Waals surface area contributed by atoms with E-state index in [0.29, 0.717) is 13.2 Å². The maximum atomic E-state index is 10.7. The molecular formula is C6H10N2O4. The van der Waals surface area contributed by atoms with E-state index in [1.807, 2.05) is 0 Å². The third-order valence-corrected chi connectivity index (χ3v) is 1.33. The Labute approximate surface area is 69.0 Å². The highest BCUT2D eigenvalue weighted by atomic mass is 16.6. The molecule has 1 heterocycles. The number of rotatable bonds is 1. The highest BCUT2D eigenvalue weighted by Crippen LogP contribution is 1.96. The Balaban J connectivity index is 2.29. The van der Waals surface area contributed by atoms with E-state index in [4.69, 9.17) is 15.2 Å². The van der Waals surface area contributed by atoms with Gasteiger partial charge in [-0.05, 0) is 0 Å². The standard InChI is InChI=1S/C6H10N2O4/c7-5(9)6(10)8-4-3-11-1-2-12-4/h4H,1-3H2,(H2,7,9)(H,8,10). The first-order chi connectivity index (χ1) is 5.70. The van der Waals surface area contributed by atoms with Crippen LogP contribution in [0, 0.1) is 0 Å². The van der Waals surface area contributed by atoms with E-state index < -0.39 is 18.0 Å². The Bertz CT molecular complexity index is 188. The average molecular weight is 174 g/mol. The van der Waals surface area contributed by atoms with Gasteiger partial charge < -0.3 is 20.5 Å². The van der Waals surface area contributed by atoms with Gasteiger partial charge in [0.05, 0.1) is 19.8 Å². The van der Waals surface area contributed by atoms with Crippen LogP contribution in [0.1, 0.15) is 0 Å². The van der Waals surface area contributed by atoms with E-state index in [9.17, 15) is 9.59 Å². The molecule has 68 valence electrons. The molecule has 0 spiro atoms. The third kappa shape index (κ3) is 2.48. The van der Waals surface area contributed by atoms with Crippen molar-refractivity contribution in [2.45, 2.75) is 6.23 Å². The summed E-state index contributed by atoms with van der Waals surface area (Å²) in [5.41, 5.74) is 4.71.